The van der Waals surface area contributed by atoms with Gasteiger partial charge in [0.05, 0.1) is 13.1 Å². The molecule has 0 spiro atoms. The molecule has 1 amide bonds. The van der Waals surface area contributed by atoms with Crippen molar-refractivity contribution in [3.8, 4) is 0 Å². The first-order valence-electron chi connectivity index (χ1n) is 6.92. The van der Waals surface area contributed by atoms with Gasteiger partial charge in [0.1, 0.15) is 6.54 Å². The van der Waals surface area contributed by atoms with Gasteiger partial charge in [0, 0.05) is 10.6 Å². The number of benzene rings is 1. The van der Waals surface area contributed by atoms with Crippen molar-refractivity contribution in [2.24, 2.45) is 0 Å². The maximum Gasteiger partial charge on any atom is 0.275 e. The summed E-state index contributed by atoms with van der Waals surface area (Å²) in [7, 11) is 2.03. The number of carbonyl (C=O) groups excluding carboxylic acids is 1. The quantitative estimate of drug-likeness (QED) is 0.840. The van der Waals surface area contributed by atoms with Gasteiger partial charge in [-0.2, -0.15) is 11.3 Å². The van der Waals surface area contributed by atoms with Crippen molar-refractivity contribution in [2.75, 3.05) is 13.6 Å². The second-order valence-electron chi connectivity index (χ2n) is 5.28. The summed E-state index contributed by atoms with van der Waals surface area (Å²) >= 11 is 7.55. The van der Waals surface area contributed by atoms with Crippen molar-refractivity contribution in [1.29, 1.82) is 0 Å². The second-order valence-corrected chi connectivity index (χ2v) is 6.50. The van der Waals surface area contributed by atoms with Gasteiger partial charge in [-0.25, -0.2) is 0 Å². The first kappa shape index (κ1) is 16.0. The largest absolute Gasteiger partial charge is 0.345 e. The summed E-state index contributed by atoms with van der Waals surface area (Å²) in [6.45, 7) is 3.31. The van der Waals surface area contributed by atoms with Gasteiger partial charge in [-0.05, 0) is 41.4 Å². The number of thiophene rings is 1. The average molecular weight is 324 g/mol. The second kappa shape index (κ2) is 7.59. The first-order valence-corrected chi connectivity index (χ1v) is 8.24. The van der Waals surface area contributed by atoms with Crippen molar-refractivity contribution in [3.05, 3.63) is 57.2 Å². The van der Waals surface area contributed by atoms with Crippen LogP contribution in [-0.2, 0) is 11.3 Å². The van der Waals surface area contributed by atoms with Crippen molar-refractivity contribution in [2.45, 2.75) is 19.5 Å². The summed E-state index contributed by atoms with van der Waals surface area (Å²) in [6, 6.07) is 9.65. The molecule has 2 aromatic rings. The molecule has 112 valence electrons. The number of likely N-dealkylation sites (N-methyl/N-ethyl adjacent to an activating group) is 1. The van der Waals surface area contributed by atoms with Crippen molar-refractivity contribution < 1.29 is 9.69 Å². The van der Waals surface area contributed by atoms with Gasteiger partial charge >= 0.3 is 0 Å². The molecule has 0 bridgehead atoms. The van der Waals surface area contributed by atoms with E-state index in [1.54, 1.807) is 11.3 Å². The Balaban J connectivity index is 1.82. The summed E-state index contributed by atoms with van der Waals surface area (Å²) in [4.78, 5) is 13.3. The smallest absolute Gasteiger partial charge is 0.275 e. The molecule has 1 aromatic carbocycles. The van der Waals surface area contributed by atoms with E-state index in [0.29, 0.717) is 11.6 Å². The molecule has 2 atom stereocenters. The van der Waals surface area contributed by atoms with E-state index >= 15 is 0 Å². The molecule has 0 fully saturated rings. The normalized spacial score (nSPS) is 13.7. The number of hydrogen-bond acceptors (Lipinski definition) is 2. The minimum atomic E-state index is -0.0104. The van der Waals surface area contributed by atoms with Gasteiger partial charge in [-0.1, -0.05) is 23.7 Å². The molecule has 0 saturated carbocycles. The van der Waals surface area contributed by atoms with Crippen LogP contribution < -0.4 is 10.2 Å². The summed E-state index contributed by atoms with van der Waals surface area (Å²) in [5, 5.41) is 7.92. The van der Waals surface area contributed by atoms with Crippen LogP contribution in [0.5, 0.6) is 0 Å². The molecule has 1 aromatic heterocycles. The van der Waals surface area contributed by atoms with E-state index in [1.807, 2.05) is 38.2 Å². The highest BCUT2D eigenvalue weighted by atomic mass is 35.5. The lowest BCUT2D eigenvalue weighted by Gasteiger charge is -2.17. The van der Waals surface area contributed by atoms with E-state index in [9.17, 15) is 4.79 Å². The van der Waals surface area contributed by atoms with Gasteiger partial charge in [-0.15, -0.1) is 0 Å². The molecule has 2 N–H and O–H groups in total. The number of amides is 1. The average Bonchev–Trinajstić information content (AvgIpc) is 2.91. The van der Waals surface area contributed by atoms with Gasteiger partial charge in [0.2, 0.25) is 0 Å². The molecular formula is C16H20ClN2OS+. The van der Waals surface area contributed by atoms with Crippen LogP contribution in [0, 0.1) is 0 Å². The maximum atomic E-state index is 12.1. The zero-order valence-corrected chi connectivity index (χ0v) is 13.8. The monoisotopic (exact) mass is 323 g/mol. The van der Waals surface area contributed by atoms with Crippen LogP contribution in [0.3, 0.4) is 0 Å². The van der Waals surface area contributed by atoms with Crippen LogP contribution in [0.4, 0.5) is 0 Å². The molecule has 2 rings (SSSR count). The Labute approximate surface area is 134 Å². The van der Waals surface area contributed by atoms with E-state index in [4.69, 9.17) is 11.6 Å². The summed E-state index contributed by atoms with van der Waals surface area (Å²) in [6.07, 6.45) is 0. The highest BCUT2D eigenvalue weighted by Gasteiger charge is 2.14. The molecule has 0 aliphatic rings. The highest BCUT2D eigenvalue weighted by Crippen LogP contribution is 2.15. The summed E-state index contributed by atoms with van der Waals surface area (Å²) < 4.78 is 0. The van der Waals surface area contributed by atoms with Gasteiger partial charge in [0.25, 0.3) is 5.91 Å². The van der Waals surface area contributed by atoms with Crippen molar-refractivity contribution >= 4 is 28.8 Å². The molecule has 3 nitrogen and oxygen atoms in total. The van der Waals surface area contributed by atoms with E-state index < -0.39 is 0 Å². The maximum absolute atomic E-state index is 12.1. The van der Waals surface area contributed by atoms with E-state index in [2.05, 4.69) is 22.1 Å². The SMILES string of the molecule is C[C@H](NC(=O)C[NH+](C)Cc1ccsc1)c1ccc(Cl)cc1. The Morgan fingerprint density at radius 2 is 2.05 bits per heavy atom. The first-order chi connectivity index (χ1) is 10.0. The Morgan fingerprint density at radius 1 is 1.33 bits per heavy atom. The molecule has 0 radical (unpaired) electrons. The number of halogens is 1. The lowest BCUT2D eigenvalue weighted by Crippen LogP contribution is -3.08. The number of quaternary nitrogens is 1. The number of carbonyl (C=O) groups is 1. The fraction of sp³-hybridized carbons (Fsp3) is 0.312. The third-order valence-corrected chi connectivity index (χ3v) is 4.28. The van der Waals surface area contributed by atoms with Crippen molar-refractivity contribution in [1.82, 2.24) is 5.32 Å². The number of nitrogens with one attached hydrogen (secondary N) is 2. The topological polar surface area (TPSA) is 33.5 Å². The molecule has 5 heteroatoms. The standard InChI is InChI=1S/C16H19ClN2OS/c1-12(14-3-5-15(17)6-4-14)18-16(20)10-19(2)9-13-7-8-21-11-13/h3-8,11-12H,9-10H2,1-2H3,(H,18,20)/p+1/t12-/m0/s1. The van der Waals surface area contributed by atoms with Crippen LogP contribution in [-0.4, -0.2) is 19.5 Å². The zero-order chi connectivity index (χ0) is 15.2. The molecule has 0 aliphatic carbocycles. The lowest BCUT2D eigenvalue weighted by atomic mass is 10.1. The number of hydrogen-bond donors (Lipinski definition) is 2. The van der Waals surface area contributed by atoms with Crippen LogP contribution >= 0.6 is 22.9 Å². The Morgan fingerprint density at radius 3 is 2.67 bits per heavy atom. The van der Waals surface area contributed by atoms with Gasteiger partial charge in [-0.3, -0.25) is 4.79 Å². The minimum absolute atomic E-state index is 0.0104. The predicted molar refractivity (Wildman–Crippen MR) is 87.8 cm³/mol. The third-order valence-electron chi connectivity index (χ3n) is 3.30. The number of rotatable bonds is 6. The molecule has 0 aliphatic heterocycles. The van der Waals surface area contributed by atoms with Crippen LogP contribution in [0.1, 0.15) is 24.1 Å². The molecule has 0 saturated heterocycles. The summed E-state index contributed by atoms with van der Waals surface area (Å²) in [5.74, 6) is 0.0604. The molecule has 21 heavy (non-hydrogen) atoms. The third kappa shape index (κ3) is 5.16. The van der Waals surface area contributed by atoms with Gasteiger partial charge in [0.15, 0.2) is 6.54 Å². The molecular weight excluding hydrogens is 304 g/mol. The highest BCUT2D eigenvalue weighted by molar-refractivity contribution is 7.07. The molecule has 1 heterocycles. The Bertz CT molecular complexity index is 568. The van der Waals surface area contributed by atoms with Crippen LogP contribution in [0.2, 0.25) is 5.02 Å². The van der Waals surface area contributed by atoms with Crippen LogP contribution in [0.25, 0.3) is 0 Å². The van der Waals surface area contributed by atoms with E-state index in [-0.39, 0.29) is 11.9 Å². The Hall–Kier alpha value is -1.36. The minimum Gasteiger partial charge on any atom is -0.345 e. The van der Waals surface area contributed by atoms with Crippen molar-refractivity contribution in [3.63, 3.8) is 0 Å². The molecule has 1 unspecified atom stereocenters. The van der Waals surface area contributed by atoms with E-state index in [0.717, 1.165) is 12.1 Å². The predicted octanol–water partition coefficient (Wildman–Crippen LogP) is 2.29. The zero-order valence-electron chi connectivity index (χ0n) is 12.2. The Kier molecular flexibility index (Phi) is 5.79. The van der Waals surface area contributed by atoms with E-state index in [1.165, 1.54) is 10.5 Å². The van der Waals surface area contributed by atoms with Gasteiger partial charge < -0.3 is 10.2 Å². The van der Waals surface area contributed by atoms with Crippen LogP contribution in [0.15, 0.2) is 41.1 Å². The summed E-state index contributed by atoms with van der Waals surface area (Å²) in [5.41, 5.74) is 2.33. The fourth-order valence-electron chi connectivity index (χ4n) is 2.21. The fourth-order valence-corrected chi connectivity index (χ4v) is 3.00. The lowest BCUT2D eigenvalue weighted by molar-refractivity contribution is -0.885.